The number of fused-ring (bicyclic) bond motifs is 1. The molecule has 0 spiro atoms. The van der Waals surface area contributed by atoms with Crippen molar-refractivity contribution in [1.82, 2.24) is 30.0 Å². The van der Waals surface area contributed by atoms with E-state index >= 15 is 0 Å². The van der Waals surface area contributed by atoms with E-state index in [4.69, 9.17) is 10.7 Å². The normalized spacial score (nSPS) is 11.5. The predicted molar refractivity (Wildman–Crippen MR) is 139 cm³/mol. The van der Waals surface area contributed by atoms with E-state index in [1.807, 2.05) is 74.8 Å². The van der Waals surface area contributed by atoms with Crippen LogP contribution in [0.3, 0.4) is 0 Å². The molecule has 3 aromatic heterocycles. The molecule has 0 saturated carbocycles. The van der Waals surface area contributed by atoms with Gasteiger partial charge in [-0.15, -0.1) is 0 Å². The Hall–Kier alpha value is -5.03. The molecule has 5 rings (SSSR count). The highest BCUT2D eigenvalue weighted by Crippen LogP contribution is 2.31. The number of para-hydroxylation sites is 1. The molecule has 0 fully saturated rings. The lowest BCUT2D eigenvalue weighted by Gasteiger charge is -2.19. The Kier molecular flexibility index (Phi) is 6.12. The zero-order valence-corrected chi connectivity index (χ0v) is 19.8. The van der Waals surface area contributed by atoms with E-state index in [1.54, 1.807) is 10.9 Å². The summed E-state index contributed by atoms with van der Waals surface area (Å²) in [6.45, 7) is 1.91. The van der Waals surface area contributed by atoms with E-state index in [2.05, 4.69) is 32.2 Å². The summed E-state index contributed by atoms with van der Waals surface area (Å²) in [6.07, 6.45) is 6.49. The Morgan fingerprint density at radius 1 is 1.06 bits per heavy atom. The van der Waals surface area contributed by atoms with E-state index < -0.39 is 5.91 Å². The van der Waals surface area contributed by atoms with Gasteiger partial charge >= 0.3 is 0 Å². The number of amides is 1. The summed E-state index contributed by atoms with van der Waals surface area (Å²) in [5.74, 6) is 6.09. The molecule has 0 aliphatic carbocycles. The maximum atomic E-state index is 12.9. The third-order valence-corrected chi connectivity index (χ3v) is 5.72. The maximum absolute atomic E-state index is 12.9. The lowest BCUT2D eigenvalue weighted by molar-refractivity contribution is 0.0935. The van der Waals surface area contributed by atoms with Crippen molar-refractivity contribution in [2.45, 2.75) is 13.0 Å². The van der Waals surface area contributed by atoms with Gasteiger partial charge in [0.2, 0.25) is 0 Å². The Morgan fingerprint density at radius 3 is 2.61 bits per heavy atom. The Labute approximate surface area is 208 Å². The molecule has 2 aromatic carbocycles. The zero-order valence-electron chi connectivity index (χ0n) is 19.8. The third-order valence-electron chi connectivity index (χ3n) is 5.72. The molecule has 3 N–H and O–H groups in total. The Morgan fingerprint density at radius 2 is 1.86 bits per heavy atom. The molecule has 5 aromatic rings. The van der Waals surface area contributed by atoms with Gasteiger partial charge in [-0.1, -0.05) is 54.3 Å². The van der Waals surface area contributed by atoms with Gasteiger partial charge in [0.15, 0.2) is 11.5 Å². The van der Waals surface area contributed by atoms with Crippen LogP contribution in [0.5, 0.6) is 0 Å². The van der Waals surface area contributed by atoms with Crippen LogP contribution in [0.1, 0.15) is 40.1 Å². The molecule has 3 heterocycles. The average Bonchev–Trinajstić information content (AvgIpc) is 3.32. The minimum atomic E-state index is -0.400. The van der Waals surface area contributed by atoms with Gasteiger partial charge in [0.1, 0.15) is 0 Å². The Bertz CT molecular complexity index is 1630. The van der Waals surface area contributed by atoms with Gasteiger partial charge in [0, 0.05) is 42.2 Å². The van der Waals surface area contributed by atoms with Gasteiger partial charge in [-0.05, 0) is 19.1 Å². The average molecular weight is 474 g/mol. The summed E-state index contributed by atoms with van der Waals surface area (Å²) in [5.41, 5.74) is 10.9. The monoisotopic (exact) mass is 473 g/mol. The number of hydrogen-bond donors (Lipinski definition) is 2. The first kappa shape index (κ1) is 22.7. The van der Waals surface area contributed by atoms with Crippen LogP contribution >= 0.6 is 0 Å². The second kappa shape index (κ2) is 9.68. The van der Waals surface area contributed by atoms with Gasteiger partial charge in [-0.2, -0.15) is 5.10 Å². The van der Waals surface area contributed by atoms with Crippen LogP contribution in [0.25, 0.3) is 22.2 Å². The molecule has 0 aliphatic heterocycles. The van der Waals surface area contributed by atoms with Gasteiger partial charge < -0.3 is 11.1 Å². The molecule has 1 atom stereocenters. The lowest BCUT2D eigenvalue weighted by atomic mass is 9.97. The highest BCUT2D eigenvalue weighted by atomic mass is 16.2. The van der Waals surface area contributed by atoms with Crippen molar-refractivity contribution in [2.24, 2.45) is 7.05 Å². The summed E-state index contributed by atoms with van der Waals surface area (Å²) in [7, 11) is 1.86. The SMILES string of the molecule is CC(NC(=O)c1nccnc1N)c1cc2cccc(C#Cc3cnn(C)c3)c2nc1-c1ccccc1. The van der Waals surface area contributed by atoms with Crippen LogP contribution in [0.15, 0.2) is 79.4 Å². The smallest absolute Gasteiger partial charge is 0.274 e. The first-order valence-electron chi connectivity index (χ1n) is 11.4. The number of nitrogens with one attached hydrogen (secondary N) is 1. The molecule has 36 heavy (non-hydrogen) atoms. The minimum Gasteiger partial charge on any atom is -0.382 e. The molecular formula is C28H23N7O. The van der Waals surface area contributed by atoms with E-state index in [0.29, 0.717) is 0 Å². The van der Waals surface area contributed by atoms with Crippen molar-refractivity contribution in [3.63, 3.8) is 0 Å². The summed E-state index contributed by atoms with van der Waals surface area (Å²) in [4.78, 5) is 26.0. The van der Waals surface area contributed by atoms with E-state index in [9.17, 15) is 4.79 Å². The molecule has 0 radical (unpaired) electrons. The number of hydrogen-bond acceptors (Lipinski definition) is 6. The van der Waals surface area contributed by atoms with E-state index in [0.717, 1.165) is 38.9 Å². The number of anilines is 1. The maximum Gasteiger partial charge on any atom is 0.274 e. The highest BCUT2D eigenvalue weighted by molar-refractivity contribution is 5.96. The topological polar surface area (TPSA) is 112 Å². The first-order valence-corrected chi connectivity index (χ1v) is 11.4. The standard InChI is InChI=1S/C28H23N7O/c1-18(33-28(36)26-27(29)31-14-13-30-26)23-15-22-10-6-9-21(12-11-19-16-32-35(2)17-19)24(22)34-25(23)20-7-4-3-5-8-20/h3-10,13-18H,1-2H3,(H2,29,31)(H,33,36). The number of carbonyl (C=O) groups excluding carboxylic acids is 1. The fourth-order valence-electron chi connectivity index (χ4n) is 3.96. The number of nitrogens with zero attached hydrogens (tertiary/aromatic N) is 5. The fourth-order valence-corrected chi connectivity index (χ4v) is 3.96. The number of nitrogens with two attached hydrogens (primary N) is 1. The number of nitrogen functional groups attached to an aromatic ring is 1. The quantitative estimate of drug-likeness (QED) is 0.383. The van der Waals surface area contributed by atoms with Crippen molar-refractivity contribution in [2.75, 3.05) is 5.73 Å². The molecule has 1 amide bonds. The molecule has 8 heteroatoms. The third kappa shape index (κ3) is 4.63. The van der Waals surface area contributed by atoms with Crippen LogP contribution in [0, 0.1) is 11.8 Å². The van der Waals surface area contributed by atoms with Crippen LogP contribution in [-0.2, 0) is 7.05 Å². The van der Waals surface area contributed by atoms with Gasteiger partial charge in [0.25, 0.3) is 5.91 Å². The van der Waals surface area contributed by atoms with Crippen LogP contribution in [-0.4, -0.2) is 30.6 Å². The van der Waals surface area contributed by atoms with Crippen molar-refractivity contribution in [1.29, 1.82) is 0 Å². The number of pyridine rings is 1. The molecular weight excluding hydrogens is 450 g/mol. The summed E-state index contributed by atoms with van der Waals surface area (Å²) in [6, 6.07) is 17.4. The minimum absolute atomic E-state index is 0.0824. The van der Waals surface area contributed by atoms with Crippen LogP contribution in [0.4, 0.5) is 5.82 Å². The number of carbonyl (C=O) groups is 1. The van der Waals surface area contributed by atoms with Crippen molar-refractivity contribution < 1.29 is 4.79 Å². The van der Waals surface area contributed by atoms with Crippen LogP contribution in [0.2, 0.25) is 0 Å². The molecule has 0 aliphatic rings. The molecule has 8 nitrogen and oxygen atoms in total. The van der Waals surface area contributed by atoms with Crippen molar-refractivity contribution in [3.8, 4) is 23.1 Å². The zero-order chi connectivity index (χ0) is 25.1. The number of aryl methyl sites for hydroxylation is 1. The van der Waals surface area contributed by atoms with E-state index in [1.165, 1.54) is 12.4 Å². The van der Waals surface area contributed by atoms with E-state index in [-0.39, 0.29) is 17.6 Å². The lowest BCUT2D eigenvalue weighted by Crippen LogP contribution is -2.29. The largest absolute Gasteiger partial charge is 0.382 e. The Balaban J connectivity index is 1.59. The number of benzene rings is 2. The predicted octanol–water partition coefficient (Wildman–Crippen LogP) is 3.90. The second-order valence-corrected chi connectivity index (χ2v) is 8.31. The second-order valence-electron chi connectivity index (χ2n) is 8.31. The summed E-state index contributed by atoms with van der Waals surface area (Å²) < 4.78 is 1.72. The van der Waals surface area contributed by atoms with Crippen molar-refractivity contribution >= 4 is 22.6 Å². The number of aromatic nitrogens is 5. The van der Waals surface area contributed by atoms with Gasteiger partial charge in [-0.25, -0.2) is 15.0 Å². The van der Waals surface area contributed by atoms with Crippen molar-refractivity contribution in [3.05, 3.63) is 102 Å². The summed E-state index contributed by atoms with van der Waals surface area (Å²) in [5, 5.41) is 8.09. The molecule has 0 saturated heterocycles. The van der Waals surface area contributed by atoms with Gasteiger partial charge in [-0.3, -0.25) is 9.48 Å². The molecule has 0 bridgehead atoms. The summed E-state index contributed by atoms with van der Waals surface area (Å²) >= 11 is 0. The molecule has 1 unspecified atom stereocenters. The number of rotatable bonds is 4. The first-order chi connectivity index (χ1) is 17.5. The van der Waals surface area contributed by atoms with Crippen LogP contribution < -0.4 is 11.1 Å². The fraction of sp³-hybridized carbons (Fsp3) is 0.107. The van der Waals surface area contributed by atoms with Gasteiger partial charge in [0.05, 0.1) is 34.6 Å². The highest BCUT2D eigenvalue weighted by Gasteiger charge is 2.20. The molecule has 176 valence electrons.